The lowest BCUT2D eigenvalue weighted by Crippen LogP contribution is -2.21. The average molecular weight is 402 g/mol. The molecule has 0 radical (unpaired) electrons. The van der Waals surface area contributed by atoms with E-state index >= 15 is 0 Å². The monoisotopic (exact) mass is 402 g/mol. The van der Waals surface area contributed by atoms with E-state index in [4.69, 9.17) is 9.47 Å². The van der Waals surface area contributed by atoms with Gasteiger partial charge in [-0.25, -0.2) is 0 Å². The van der Waals surface area contributed by atoms with Crippen molar-refractivity contribution in [2.45, 2.75) is 19.3 Å². The van der Waals surface area contributed by atoms with Gasteiger partial charge in [0.2, 0.25) is 0 Å². The Morgan fingerprint density at radius 1 is 1.07 bits per heavy atom. The van der Waals surface area contributed by atoms with Crippen LogP contribution in [0.4, 0.5) is 0 Å². The van der Waals surface area contributed by atoms with Gasteiger partial charge in [-0.2, -0.15) is 0 Å². The number of ether oxygens (including phenoxy) is 2. The molecule has 1 saturated heterocycles. The van der Waals surface area contributed by atoms with Gasteiger partial charge in [0.1, 0.15) is 0 Å². The molecule has 4 heterocycles. The van der Waals surface area contributed by atoms with E-state index in [0.717, 1.165) is 57.5 Å². The smallest absolute Gasteiger partial charge is 0.163 e. The number of likely N-dealkylation sites (tertiary alicyclic amines) is 1. The Kier molecular flexibility index (Phi) is 5.24. The highest BCUT2D eigenvalue weighted by atomic mass is 16.5. The summed E-state index contributed by atoms with van der Waals surface area (Å²) in [6, 6.07) is 10.0. The van der Waals surface area contributed by atoms with Gasteiger partial charge in [-0.15, -0.1) is 0 Å². The van der Waals surface area contributed by atoms with E-state index in [1.807, 2.05) is 36.7 Å². The summed E-state index contributed by atoms with van der Waals surface area (Å²) in [6.07, 6.45) is 9.18. The molecule has 5 rings (SSSR count). The topological polar surface area (TPSA) is 63.3 Å². The van der Waals surface area contributed by atoms with E-state index in [1.165, 1.54) is 25.9 Å². The summed E-state index contributed by atoms with van der Waals surface area (Å²) in [5.74, 6) is 1.51. The van der Waals surface area contributed by atoms with Crippen molar-refractivity contribution >= 4 is 21.8 Å². The first-order valence-electron chi connectivity index (χ1n) is 10.6. The van der Waals surface area contributed by atoms with Gasteiger partial charge in [0.05, 0.1) is 36.6 Å². The van der Waals surface area contributed by atoms with Crippen LogP contribution in [0.5, 0.6) is 11.5 Å². The minimum Gasteiger partial charge on any atom is -0.493 e. The number of H-pyrrole nitrogens is 1. The number of rotatable bonds is 7. The third kappa shape index (κ3) is 3.59. The van der Waals surface area contributed by atoms with Crippen LogP contribution in [0.1, 0.15) is 19.3 Å². The number of fused-ring (bicyclic) bond motifs is 3. The van der Waals surface area contributed by atoms with Crippen LogP contribution in [0.25, 0.3) is 33.1 Å². The number of nitrogens with one attached hydrogen (secondary N) is 1. The second kappa shape index (κ2) is 8.32. The van der Waals surface area contributed by atoms with Gasteiger partial charge in [-0.3, -0.25) is 9.97 Å². The quantitative estimate of drug-likeness (QED) is 0.456. The number of nitrogens with zero attached hydrogens (tertiary/aromatic N) is 3. The Hall–Kier alpha value is -3.12. The van der Waals surface area contributed by atoms with E-state index < -0.39 is 0 Å². The highest BCUT2D eigenvalue weighted by molar-refractivity contribution is 6.14. The summed E-state index contributed by atoms with van der Waals surface area (Å²) < 4.78 is 11.8. The third-order valence-electron chi connectivity index (χ3n) is 5.80. The second-order valence-corrected chi connectivity index (χ2v) is 7.75. The third-order valence-corrected chi connectivity index (χ3v) is 5.80. The molecule has 0 spiro atoms. The molecule has 30 heavy (non-hydrogen) atoms. The van der Waals surface area contributed by atoms with Crippen molar-refractivity contribution in [3.05, 3.63) is 48.9 Å². The zero-order chi connectivity index (χ0) is 20.3. The van der Waals surface area contributed by atoms with Crippen LogP contribution in [-0.2, 0) is 0 Å². The molecule has 154 valence electrons. The van der Waals surface area contributed by atoms with E-state index in [1.54, 1.807) is 13.3 Å². The Morgan fingerprint density at radius 2 is 1.97 bits per heavy atom. The van der Waals surface area contributed by atoms with Gasteiger partial charge in [-0.1, -0.05) is 6.07 Å². The SMILES string of the molecule is COc1cc2c(cc1OCCCN1CCCC1)[nH]c1cncc(-c3ccccn3)c12. The van der Waals surface area contributed by atoms with E-state index in [9.17, 15) is 0 Å². The highest BCUT2D eigenvalue weighted by Gasteiger charge is 2.16. The first-order chi connectivity index (χ1) is 14.8. The lowest BCUT2D eigenvalue weighted by atomic mass is 10.1. The Bertz CT molecular complexity index is 1150. The van der Waals surface area contributed by atoms with Gasteiger partial charge < -0.3 is 19.4 Å². The molecule has 1 aliphatic rings. The van der Waals surface area contributed by atoms with Crippen molar-refractivity contribution < 1.29 is 9.47 Å². The van der Waals surface area contributed by atoms with Crippen LogP contribution >= 0.6 is 0 Å². The minimum atomic E-state index is 0.680. The molecule has 0 atom stereocenters. The zero-order valence-electron chi connectivity index (χ0n) is 17.2. The first kappa shape index (κ1) is 18.9. The Morgan fingerprint density at radius 3 is 2.77 bits per heavy atom. The molecular formula is C24H26N4O2. The molecule has 0 saturated carbocycles. The number of pyridine rings is 2. The number of aromatic amines is 1. The fourth-order valence-corrected chi connectivity index (χ4v) is 4.33. The summed E-state index contributed by atoms with van der Waals surface area (Å²) in [4.78, 5) is 14.9. The number of methoxy groups -OCH3 is 1. The molecule has 1 aromatic carbocycles. The largest absolute Gasteiger partial charge is 0.493 e. The normalized spacial score (nSPS) is 14.6. The van der Waals surface area contributed by atoms with Crippen molar-refractivity contribution in [1.82, 2.24) is 19.9 Å². The van der Waals surface area contributed by atoms with Crippen LogP contribution in [0.2, 0.25) is 0 Å². The molecule has 6 heteroatoms. The molecule has 0 bridgehead atoms. The van der Waals surface area contributed by atoms with E-state index in [0.29, 0.717) is 6.61 Å². The molecule has 0 unspecified atom stereocenters. The van der Waals surface area contributed by atoms with Crippen molar-refractivity contribution in [2.75, 3.05) is 33.4 Å². The van der Waals surface area contributed by atoms with Crippen LogP contribution in [-0.4, -0.2) is 53.2 Å². The Balaban J connectivity index is 1.46. The molecule has 0 amide bonds. The number of hydrogen-bond acceptors (Lipinski definition) is 5. The maximum absolute atomic E-state index is 6.11. The average Bonchev–Trinajstić information content (AvgIpc) is 3.43. The molecule has 1 fully saturated rings. The maximum Gasteiger partial charge on any atom is 0.163 e. The predicted octanol–water partition coefficient (Wildman–Crippen LogP) is 4.65. The fraction of sp³-hybridized carbons (Fsp3) is 0.333. The summed E-state index contributed by atoms with van der Waals surface area (Å²) in [5.41, 5.74) is 3.88. The number of aromatic nitrogens is 3. The summed E-state index contributed by atoms with van der Waals surface area (Å²) in [6.45, 7) is 4.21. The number of benzene rings is 1. The van der Waals surface area contributed by atoms with Gasteiger partial charge in [0.25, 0.3) is 0 Å². The lowest BCUT2D eigenvalue weighted by molar-refractivity contribution is 0.254. The molecule has 0 aliphatic carbocycles. The van der Waals surface area contributed by atoms with Crippen molar-refractivity contribution in [3.63, 3.8) is 0 Å². The Labute approximate surface area is 175 Å². The van der Waals surface area contributed by atoms with Gasteiger partial charge in [0.15, 0.2) is 11.5 Å². The summed E-state index contributed by atoms with van der Waals surface area (Å²) in [5, 5.41) is 2.17. The molecule has 1 aliphatic heterocycles. The minimum absolute atomic E-state index is 0.680. The van der Waals surface area contributed by atoms with Crippen molar-refractivity contribution in [3.8, 4) is 22.8 Å². The second-order valence-electron chi connectivity index (χ2n) is 7.75. The molecule has 1 N–H and O–H groups in total. The van der Waals surface area contributed by atoms with Crippen molar-refractivity contribution in [1.29, 1.82) is 0 Å². The summed E-state index contributed by atoms with van der Waals surface area (Å²) in [7, 11) is 1.69. The fourth-order valence-electron chi connectivity index (χ4n) is 4.33. The molecular weight excluding hydrogens is 376 g/mol. The predicted molar refractivity (Wildman–Crippen MR) is 119 cm³/mol. The van der Waals surface area contributed by atoms with Gasteiger partial charge >= 0.3 is 0 Å². The number of hydrogen-bond donors (Lipinski definition) is 1. The molecule has 3 aromatic heterocycles. The first-order valence-corrected chi connectivity index (χ1v) is 10.6. The van der Waals surface area contributed by atoms with Crippen LogP contribution < -0.4 is 9.47 Å². The van der Waals surface area contributed by atoms with Gasteiger partial charge in [0, 0.05) is 41.3 Å². The van der Waals surface area contributed by atoms with Crippen LogP contribution in [0, 0.1) is 0 Å². The van der Waals surface area contributed by atoms with Crippen LogP contribution in [0.15, 0.2) is 48.9 Å². The summed E-state index contributed by atoms with van der Waals surface area (Å²) >= 11 is 0. The highest BCUT2D eigenvalue weighted by Crippen LogP contribution is 2.39. The van der Waals surface area contributed by atoms with Crippen molar-refractivity contribution in [2.24, 2.45) is 0 Å². The van der Waals surface area contributed by atoms with E-state index in [-0.39, 0.29) is 0 Å². The van der Waals surface area contributed by atoms with E-state index in [2.05, 4.69) is 25.9 Å². The maximum atomic E-state index is 6.11. The van der Waals surface area contributed by atoms with Crippen LogP contribution in [0.3, 0.4) is 0 Å². The van der Waals surface area contributed by atoms with Gasteiger partial charge in [-0.05, 0) is 50.6 Å². The zero-order valence-corrected chi connectivity index (χ0v) is 17.2. The molecule has 6 nitrogen and oxygen atoms in total. The molecule has 4 aromatic rings. The standard InChI is InChI=1S/C24H26N4O2/c1-29-22-13-17-20(14-23(22)30-12-6-11-28-9-4-5-10-28)27-21-16-25-15-18(24(17)21)19-7-2-3-8-26-19/h2-3,7-8,13-16,27H,4-6,9-12H2,1H3. The lowest BCUT2D eigenvalue weighted by Gasteiger charge is -2.15.